The molecule has 1 aromatic heterocycles. The van der Waals surface area contributed by atoms with Crippen molar-refractivity contribution in [2.45, 2.75) is 25.9 Å². The van der Waals surface area contributed by atoms with Crippen molar-refractivity contribution in [3.05, 3.63) is 16.1 Å². The summed E-state index contributed by atoms with van der Waals surface area (Å²) >= 11 is 1.10. The number of carbonyl (C=O) groups is 2. The zero-order chi connectivity index (χ0) is 15.2. The smallest absolute Gasteiger partial charge is 0.365 e. The van der Waals surface area contributed by atoms with Gasteiger partial charge in [0.05, 0.1) is 18.9 Å². The molecule has 0 spiro atoms. The first kappa shape index (κ1) is 15.9. The molecule has 1 atom stereocenters. The predicted molar refractivity (Wildman–Crippen MR) is 77.4 cm³/mol. The van der Waals surface area contributed by atoms with E-state index in [1.54, 1.807) is 5.38 Å². The lowest BCUT2D eigenvalue weighted by Crippen LogP contribution is -2.53. The second-order valence-electron chi connectivity index (χ2n) is 4.80. The van der Waals surface area contributed by atoms with Gasteiger partial charge < -0.3 is 15.2 Å². The molecule has 0 aliphatic carbocycles. The first-order chi connectivity index (χ1) is 10.1. The highest BCUT2D eigenvalue weighted by Gasteiger charge is 2.29. The number of hydrogen-bond acceptors (Lipinski definition) is 6. The lowest BCUT2D eigenvalue weighted by molar-refractivity contribution is -0.133. The van der Waals surface area contributed by atoms with Crippen molar-refractivity contribution in [2.24, 2.45) is 0 Å². The number of rotatable bonds is 6. The monoisotopic (exact) mass is 313 g/mol. The lowest BCUT2D eigenvalue weighted by atomic mass is 10.2. The lowest BCUT2D eigenvalue weighted by Gasteiger charge is -2.33. The SMILES string of the molecule is CCCNC(=O)C1COCCN1Cc1csc(C(=O)O)n1. The molecule has 0 saturated carbocycles. The van der Waals surface area contributed by atoms with Gasteiger partial charge in [-0.05, 0) is 6.42 Å². The molecule has 0 bridgehead atoms. The number of aromatic carboxylic acids is 1. The molecule has 0 radical (unpaired) electrons. The summed E-state index contributed by atoms with van der Waals surface area (Å²) < 4.78 is 5.38. The minimum Gasteiger partial charge on any atom is -0.476 e. The van der Waals surface area contributed by atoms with Crippen LogP contribution < -0.4 is 5.32 Å². The van der Waals surface area contributed by atoms with E-state index in [2.05, 4.69) is 10.3 Å². The van der Waals surface area contributed by atoms with E-state index in [-0.39, 0.29) is 17.0 Å². The van der Waals surface area contributed by atoms with Crippen LogP contribution >= 0.6 is 11.3 Å². The highest BCUT2D eigenvalue weighted by Crippen LogP contribution is 2.15. The van der Waals surface area contributed by atoms with Crippen molar-refractivity contribution in [3.8, 4) is 0 Å². The third kappa shape index (κ3) is 4.23. The van der Waals surface area contributed by atoms with Crippen LogP contribution in [0.5, 0.6) is 0 Å². The number of carbonyl (C=O) groups excluding carboxylic acids is 1. The number of morpholine rings is 1. The number of nitrogens with zero attached hydrogens (tertiary/aromatic N) is 2. The summed E-state index contributed by atoms with van der Waals surface area (Å²) in [5.41, 5.74) is 0.674. The van der Waals surface area contributed by atoms with Crippen LogP contribution in [-0.2, 0) is 16.1 Å². The molecule has 1 unspecified atom stereocenters. The first-order valence-electron chi connectivity index (χ1n) is 6.89. The number of carboxylic acids is 1. The maximum Gasteiger partial charge on any atom is 0.365 e. The van der Waals surface area contributed by atoms with Gasteiger partial charge >= 0.3 is 5.97 Å². The molecule has 1 aliphatic rings. The van der Waals surface area contributed by atoms with Crippen LogP contribution in [0.3, 0.4) is 0 Å². The average Bonchev–Trinajstić information content (AvgIpc) is 2.94. The minimum absolute atomic E-state index is 0.0507. The van der Waals surface area contributed by atoms with E-state index in [1.165, 1.54) is 0 Å². The fraction of sp³-hybridized carbons (Fsp3) is 0.615. The van der Waals surface area contributed by atoms with Crippen LogP contribution in [0.1, 0.15) is 28.8 Å². The van der Waals surface area contributed by atoms with Gasteiger partial charge in [0, 0.05) is 25.0 Å². The second-order valence-corrected chi connectivity index (χ2v) is 5.66. The third-order valence-corrected chi connectivity index (χ3v) is 4.07. The summed E-state index contributed by atoms with van der Waals surface area (Å²) in [4.78, 5) is 29.0. The van der Waals surface area contributed by atoms with E-state index < -0.39 is 5.97 Å². The molecule has 0 aromatic carbocycles. The fourth-order valence-electron chi connectivity index (χ4n) is 2.12. The van der Waals surface area contributed by atoms with Crippen LogP contribution in [0.15, 0.2) is 5.38 Å². The van der Waals surface area contributed by atoms with Crippen LogP contribution in [0, 0.1) is 0 Å². The van der Waals surface area contributed by atoms with E-state index in [4.69, 9.17) is 9.84 Å². The Morgan fingerprint density at radius 2 is 2.43 bits per heavy atom. The number of hydrogen-bond donors (Lipinski definition) is 2. The molecule has 1 saturated heterocycles. The van der Waals surface area contributed by atoms with E-state index in [1.807, 2.05) is 11.8 Å². The van der Waals surface area contributed by atoms with Crippen molar-refractivity contribution in [1.82, 2.24) is 15.2 Å². The Morgan fingerprint density at radius 1 is 1.62 bits per heavy atom. The Balaban J connectivity index is 2.00. The van der Waals surface area contributed by atoms with Gasteiger partial charge in [0.2, 0.25) is 10.9 Å². The molecule has 7 nitrogen and oxygen atoms in total. The first-order valence-corrected chi connectivity index (χ1v) is 7.77. The highest BCUT2D eigenvalue weighted by atomic mass is 32.1. The molecule has 21 heavy (non-hydrogen) atoms. The Morgan fingerprint density at radius 3 is 3.10 bits per heavy atom. The zero-order valence-corrected chi connectivity index (χ0v) is 12.7. The third-order valence-electron chi connectivity index (χ3n) is 3.19. The maximum absolute atomic E-state index is 12.1. The van der Waals surface area contributed by atoms with Gasteiger partial charge in [-0.1, -0.05) is 6.92 Å². The van der Waals surface area contributed by atoms with Crippen LogP contribution in [0.4, 0.5) is 0 Å². The topological polar surface area (TPSA) is 91.8 Å². The minimum atomic E-state index is -1.02. The van der Waals surface area contributed by atoms with Gasteiger partial charge in [-0.15, -0.1) is 11.3 Å². The summed E-state index contributed by atoms with van der Waals surface area (Å²) in [7, 11) is 0. The normalized spacial score (nSPS) is 19.4. The Labute approximate surface area is 126 Å². The number of ether oxygens (including phenoxy) is 1. The second kappa shape index (κ2) is 7.48. The zero-order valence-electron chi connectivity index (χ0n) is 11.9. The van der Waals surface area contributed by atoms with E-state index in [9.17, 15) is 9.59 Å². The van der Waals surface area contributed by atoms with E-state index in [0.29, 0.717) is 38.5 Å². The summed E-state index contributed by atoms with van der Waals surface area (Å²) in [6.45, 7) is 4.64. The van der Waals surface area contributed by atoms with Gasteiger partial charge in [-0.3, -0.25) is 9.69 Å². The summed E-state index contributed by atoms with van der Waals surface area (Å²) in [6, 6.07) is -0.347. The van der Waals surface area contributed by atoms with Gasteiger partial charge in [0.15, 0.2) is 0 Å². The molecular formula is C13H19N3O4S. The van der Waals surface area contributed by atoms with Gasteiger partial charge in [0.25, 0.3) is 0 Å². The molecule has 116 valence electrons. The molecule has 2 rings (SSSR count). The number of thiazole rings is 1. The fourth-order valence-corrected chi connectivity index (χ4v) is 2.77. The van der Waals surface area contributed by atoms with Crippen molar-refractivity contribution in [2.75, 3.05) is 26.3 Å². The van der Waals surface area contributed by atoms with Gasteiger partial charge in [0.1, 0.15) is 6.04 Å². The maximum atomic E-state index is 12.1. The largest absolute Gasteiger partial charge is 0.476 e. The number of aromatic nitrogens is 1. The predicted octanol–water partition coefficient (Wildman–Crippen LogP) is 0.568. The van der Waals surface area contributed by atoms with Crippen LogP contribution in [0.25, 0.3) is 0 Å². The molecule has 1 aromatic rings. The van der Waals surface area contributed by atoms with Crippen molar-refractivity contribution < 1.29 is 19.4 Å². The van der Waals surface area contributed by atoms with Crippen molar-refractivity contribution >= 4 is 23.2 Å². The van der Waals surface area contributed by atoms with Gasteiger partial charge in [-0.2, -0.15) is 0 Å². The molecular weight excluding hydrogens is 294 g/mol. The molecule has 2 N–H and O–H groups in total. The molecule has 1 fully saturated rings. The van der Waals surface area contributed by atoms with Crippen molar-refractivity contribution in [3.63, 3.8) is 0 Å². The average molecular weight is 313 g/mol. The molecule has 1 amide bonds. The molecule has 8 heteroatoms. The number of amides is 1. The quantitative estimate of drug-likeness (QED) is 0.798. The highest BCUT2D eigenvalue weighted by molar-refractivity contribution is 7.11. The molecule has 1 aliphatic heterocycles. The standard InChI is InChI=1S/C13H19N3O4S/c1-2-3-14-11(17)10-7-20-5-4-16(10)6-9-8-21-12(15-9)13(18)19/h8,10H,2-7H2,1H3,(H,14,17)(H,18,19). The summed E-state index contributed by atoms with van der Waals surface area (Å²) in [5.74, 6) is -1.07. The Hall–Kier alpha value is -1.51. The van der Waals surface area contributed by atoms with Gasteiger partial charge in [-0.25, -0.2) is 9.78 Å². The summed E-state index contributed by atoms with van der Waals surface area (Å²) in [5, 5.41) is 13.6. The molecule has 2 heterocycles. The van der Waals surface area contributed by atoms with E-state index in [0.717, 1.165) is 17.8 Å². The Bertz CT molecular complexity index is 505. The van der Waals surface area contributed by atoms with Crippen LogP contribution in [-0.4, -0.2) is 59.2 Å². The van der Waals surface area contributed by atoms with E-state index >= 15 is 0 Å². The van der Waals surface area contributed by atoms with Crippen molar-refractivity contribution in [1.29, 1.82) is 0 Å². The number of carboxylic acid groups (broad SMARTS) is 1. The Kier molecular flexibility index (Phi) is 5.66. The summed E-state index contributed by atoms with van der Waals surface area (Å²) in [6.07, 6.45) is 0.882. The van der Waals surface area contributed by atoms with Crippen LogP contribution in [0.2, 0.25) is 0 Å². The number of nitrogens with one attached hydrogen (secondary N) is 1.